The summed E-state index contributed by atoms with van der Waals surface area (Å²) in [5.74, 6) is -6.47. The number of amides is 10. The van der Waals surface area contributed by atoms with Crippen LogP contribution in [0, 0.1) is 0 Å². The number of pyridine rings is 2. The molecule has 4 aromatic rings. The highest BCUT2D eigenvalue weighted by molar-refractivity contribution is 6.12. The maximum atomic E-state index is 13.9. The number of cyclic esters (lactones) is 1. The van der Waals surface area contributed by atoms with E-state index in [-0.39, 0.29) is 99.3 Å². The van der Waals surface area contributed by atoms with Crippen LogP contribution in [0.15, 0.2) is 77.6 Å². The van der Waals surface area contributed by atoms with Gasteiger partial charge >= 0.3 is 5.97 Å². The van der Waals surface area contributed by atoms with Gasteiger partial charge in [0.15, 0.2) is 5.60 Å². The molecule has 0 bridgehead atoms. The molecule has 452 valence electrons. The van der Waals surface area contributed by atoms with E-state index < -0.39 is 98.5 Å². The third kappa shape index (κ3) is 16.8. The third-order valence-electron chi connectivity index (χ3n) is 14.3. The van der Waals surface area contributed by atoms with Crippen LogP contribution in [-0.4, -0.2) is 168 Å². The number of unbranched alkanes of at least 4 members (excludes halogenated alkanes) is 2. The topological polar surface area (TPSA) is 361 Å². The van der Waals surface area contributed by atoms with Crippen LogP contribution in [0.25, 0.3) is 22.3 Å². The second-order valence-electron chi connectivity index (χ2n) is 20.5. The maximum Gasteiger partial charge on any atom is 0.343 e. The molecule has 2 aromatic carbocycles. The predicted octanol–water partition coefficient (Wildman–Crippen LogP) is -1.28. The van der Waals surface area contributed by atoms with Crippen LogP contribution in [0.4, 0.5) is 0 Å². The van der Waals surface area contributed by atoms with Crippen molar-refractivity contribution in [3.05, 3.63) is 111 Å². The lowest BCUT2D eigenvalue weighted by Gasteiger charge is -2.31. The molecule has 27 nitrogen and oxygen atoms in total. The van der Waals surface area contributed by atoms with E-state index in [9.17, 15) is 62.6 Å². The molecule has 27 heteroatoms. The van der Waals surface area contributed by atoms with Crippen LogP contribution in [0.5, 0.6) is 0 Å². The van der Waals surface area contributed by atoms with Gasteiger partial charge in [-0.05, 0) is 62.8 Å². The summed E-state index contributed by atoms with van der Waals surface area (Å²) < 4.78 is 17.5. The molecular formula is C58H69N11O16. The lowest BCUT2D eigenvalue weighted by Crippen LogP contribution is -2.52. The number of carbonyl (C=O) groups is 11. The number of aliphatic hydroxyl groups is 1. The maximum absolute atomic E-state index is 13.9. The summed E-state index contributed by atoms with van der Waals surface area (Å²) >= 11 is 0. The molecule has 0 radical (unpaired) electrons. The molecule has 2 aromatic heterocycles. The van der Waals surface area contributed by atoms with Gasteiger partial charge in [0.1, 0.15) is 39.3 Å². The van der Waals surface area contributed by atoms with Crippen LogP contribution in [0.3, 0.4) is 0 Å². The third-order valence-corrected chi connectivity index (χ3v) is 14.3. The Morgan fingerprint density at radius 2 is 1.35 bits per heavy atom. The largest absolute Gasteiger partial charge is 0.458 e. The molecule has 0 spiro atoms. The fourth-order valence-corrected chi connectivity index (χ4v) is 9.77. The number of fused-ring (bicyclic) bond motifs is 5. The molecular weight excluding hydrogens is 1110 g/mol. The Hall–Kier alpha value is -9.21. The number of hydrogen-bond acceptors (Lipinski definition) is 17. The first-order chi connectivity index (χ1) is 40.8. The zero-order valence-electron chi connectivity index (χ0n) is 47.4. The van der Waals surface area contributed by atoms with Crippen molar-refractivity contribution in [2.45, 2.75) is 96.6 Å². The van der Waals surface area contributed by atoms with Crippen molar-refractivity contribution in [2.75, 3.05) is 65.9 Å². The van der Waals surface area contributed by atoms with E-state index in [1.807, 2.05) is 38.1 Å². The Morgan fingerprint density at radius 3 is 2.05 bits per heavy atom. The van der Waals surface area contributed by atoms with Crippen LogP contribution in [0.2, 0.25) is 0 Å². The van der Waals surface area contributed by atoms with Crippen molar-refractivity contribution in [2.24, 2.45) is 0 Å². The number of esters is 1. The van der Waals surface area contributed by atoms with Gasteiger partial charge < -0.3 is 66.0 Å². The molecule has 7 rings (SSSR count). The average Bonchev–Trinajstić information content (AvgIpc) is 1.97. The van der Waals surface area contributed by atoms with Crippen molar-refractivity contribution >= 4 is 75.9 Å². The number of aromatic nitrogens is 2. The standard InChI is InChI=1S/C58H69N11O16/c1-4-58(82)41-24-44-54-39(29-69(44)56(80)40(41)30-85-57(58)81)37(38-15-10-11-16-42(38)66-54)20-22-67(35(2)3)53(78)32-84-34-64-47(72)26-61-50(75)31-83-33-63-48(73)27-62-55(79)43(23-36-13-7-5-8-14-36)65-49(74)28-60-46(71)25-59-45(70)17-9-6-12-21-68-51(76)18-19-52(68)77/h5,7-8,10-11,13-16,18-19,24,35,43,82H,4,6,9,12,17,20-23,25-34H2,1-3H3,(H,59,70)(H,60,71)(H,61,75)(H,62,79)(H,63,73)(H,64,72)(H,65,74)/t43-,58-/m0/s1. The van der Waals surface area contributed by atoms with E-state index in [2.05, 4.69) is 37.2 Å². The Labute approximate surface area is 487 Å². The van der Waals surface area contributed by atoms with Gasteiger partial charge in [-0.1, -0.05) is 61.9 Å². The van der Waals surface area contributed by atoms with Crippen LogP contribution in [-0.2, 0) is 98.5 Å². The molecule has 0 aliphatic carbocycles. The highest BCUT2D eigenvalue weighted by atomic mass is 16.6. The molecule has 0 unspecified atom stereocenters. The smallest absolute Gasteiger partial charge is 0.343 e. The number of rotatable bonds is 31. The zero-order valence-corrected chi connectivity index (χ0v) is 47.4. The molecule has 0 saturated carbocycles. The Kier molecular flexibility index (Phi) is 22.3. The first-order valence-corrected chi connectivity index (χ1v) is 27.8. The van der Waals surface area contributed by atoms with Crippen molar-refractivity contribution in [3.8, 4) is 11.4 Å². The van der Waals surface area contributed by atoms with Gasteiger partial charge in [0, 0.05) is 60.6 Å². The fourth-order valence-electron chi connectivity index (χ4n) is 9.77. The number of benzene rings is 2. The second-order valence-corrected chi connectivity index (χ2v) is 20.5. The average molecular weight is 1180 g/mol. The van der Waals surface area contributed by atoms with Crippen molar-refractivity contribution in [1.29, 1.82) is 0 Å². The molecule has 5 heterocycles. The van der Waals surface area contributed by atoms with Gasteiger partial charge in [0.2, 0.25) is 47.3 Å². The van der Waals surface area contributed by atoms with Crippen LogP contribution >= 0.6 is 0 Å². The summed E-state index contributed by atoms with van der Waals surface area (Å²) in [5, 5.41) is 29.2. The van der Waals surface area contributed by atoms with E-state index in [4.69, 9.17) is 19.2 Å². The zero-order chi connectivity index (χ0) is 61.2. The molecule has 3 aliphatic heterocycles. The Balaban J connectivity index is 0.767. The molecule has 85 heavy (non-hydrogen) atoms. The molecule has 3 aliphatic rings. The lowest BCUT2D eigenvalue weighted by atomic mass is 9.86. The van der Waals surface area contributed by atoms with Gasteiger partial charge in [-0.15, -0.1) is 0 Å². The number of para-hydroxylation sites is 1. The minimum Gasteiger partial charge on any atom is -0.458 e. The van der Waals surface area contributed by atoms with E-state index in [1.165, 1.54) is 12.2 Å². The number of imide groups is 1. The minimum atomic E-state index is -1.98. The highest BCUT2D eigenvalue weighted by Gasteiger charge is 2.45. The first kappa shape index (κ1) is 63.4. The number of ether oxygens (including phenoxy) is 3. The number of nitrogens with one attached hydrogen (secondary N) is 7. The molecule has 8 N–H and O–H groups in total. The van der Waals surface area contributed by atoms with Gasteiger partial charge in [-0.25, -0.2) is 9.78 Å². The Bertz CT molecular complexity index is 3290. The van der Waals surface area contributed by atoms with Crippen LogP contribution < -0.4 is 42.8 Å². The SMILES string of the molecule is CC[C@@]1(O)C(=O)OCc2c1cc1n(c2=O)Cc2c-1nc1ccccc1c2CCN(C(=O)COCNC(=O)CNC(=O)COCNC(=O)CNC(=O)[C@H](Cc1ccccc1)NC(=O)CNC(=O)CNC(=O)CCCCCN1C(=O)C=CC1=O)C(C)C. The molecule has 0 saturated heterocycles. The van der Waals surface area contributed by atoms with Crippen molar-refractivity contribution in [3.63, 3.8) is 0 Å². The number of hydrogen-bond donors (Lipinski definition) is 8. The summed E-state index contributed by atoms with van der Waals surface area (Å²) in [6, 6.07) is 16.4. The summed E-state index contributed by atoms with van der Waals surface area (Å²) in [5.41, 5.74) is 2.06. The van der Waals surface area contributed by atoms with Crippen LogP contribution in [0.1, 0.15) is 80.7 Å². The monoisotopic (exact) mass is 1180 g/mol. The number of nitrogens with zero attached hydrogens (tertiary/aromatic N) is 4. The van der Waals surface area contributed by atoms with Crippen molar-refractivity contribution < 1.29 is 72.1 Å². The molecule has 10 amide bonds. The van der Waals surface area contributed by atoms with E-state index >= 15 is 0 Å². The Morgan fingerprint density at radius 1 is 0.729 bits per heavy atom. The van der Waals surface area contributed by atoms with E-state index in [0.717, 1.165) is 21.4 Å². The summed E-state index contributed by atoms with van der Waals surface area (Å²) in [6.07, 6.45) is 4.46. The van der Waals surface area contributed by atoms with Gasteiger partial charge in [-0.3, -0.25) is 57.6 Å². The van der Waals surface area contributed by atoms with Gasteiger partial charge in [0.05, 0.1) is 55.2 Å². The van der Waals surface area contributed by atoms with Crippen molar-refractivity contribution in [1.82, 2.24) is 56.6 Å². The highest BCUT2D eigenvalue weighted by Crippen LogP contribution is 2.40. The summed E-state index contributed by atoms with van der Waals surface area (Å²) in [4.78, 5) is 159. The predicted molar refractivity (Wildman–Crippen MR) is 301 cm³/mol. The minimum absolute atomic E-state index is 0.00594. The molecule has 2 atom stereocenters. The molecule has 0 fully saturated rings. The summed E-state index contributed by atoms with van der Waals surface area (Å²) in [6.45, 7) is 2.11. The first-order valence-electron chi connectivity index (χ1n) is 27.8. The fraction of sp³-hybridized carbons (Fsp3) is 0.431. The lowest BCUT2D eigenvalue weighted by molar-refractivity contribution is -0.172. The normalized spacial score (nSPS) is 15.1. The van der Waals surface area contributed by atoms with Gasteiger partial charge in [-0.2, -0.15) is 0 Å². The quantitative estimate of drug-likeness (QED) is 0.0111. The van der Waals surface area contributed by atoms with E-state index in [0.29, 0.717) is 48.2 Å². The number of carbonyl (C=O) groups excluding carboxylic acids is 11. The summed E-state index contributed by atoms with van der Waals surface area (Å²) in [7, 11) is 0. The second kappa shape index (κ2) is 29.9. The van der Waals surface area contributed by atoms with Gasteiger partial charge in [0.25, 0.3) is 17.4 Å². The van der Waals surface area contributed by atoms with E-state index in [1.54, 1.807) is 52.8 Å².